The zero-order chi connectivity index (χ0) is 17.8. The van der Waals surface area contributed by atoms with E-state index in [1.807, 2.05) is 26.0 Å². The van der Waals surface area contributed by atoms with E-state index in [9.17, 15) is 9.18 Å². The molecular weight excluding hydrogens is 321 g/mol. The molecule has 0 saturated heterocycles. The number of aryl methyl sites for hydroxylation is 2. The zero-order valence-corrected chi connectivity index (χ0v) is 14.0. The smallest absolute Gasteiger partial charge is 0.291 e. The second-order valence-electron chi connectivity index (χ2n) is 5.81. The molecule has 0 saturated carbocycles. The highest BCUT2D eigenvalue weighted by molar-refractivity contribution is 6.02. The predicted molar refractivity (Wildman–Crippen MR) is 93.3 cm³/mol. The topological polar surface area (TPSA) is 51.5 Å². The Hall–Kier alpha value is -3.08. The molecular formula is C20H18FNO3. The molecule has 1 aromatic heterocycles. The first-order valence-corrected chi connectivity index (χ1v) is 7.87. The second kappa shape index (κ2) is 7.21. The molecule has 2 aromatic carbocycles. The van der Waals surface area contributed by atoms with Crippen LogP contribution in [0.2, 0.25) is 0 Å². The SMILES string of the molecule is Cc1cc(C)cc(OCc2ccc(C(=O)Nc3ccccc3F)o2)c1. The van der Waals surface area contributed by atoms with Gasteiger partial charge in [-0.25, -0.2) is 4.39 Å². The molecule has 1 amide bonds. The fourth-order valence-corrected chi connectivity index (χ4v) is 2.49. The number of benzene rings is 2. The van der Waals surface area contributed by atoms with E-state index in [0.29, 0.717) is 5.76 Å². The number of furan rings is 1. The number of anilines is 1. The Balaban J connectivity index is 1.64. The van der Waals surface area contributed by atoms with Crippen molar-refractivity contribution in [2.24, 2.45) is 0 Å². The molecule has 0 aliphatic heterocycles. The summed E-state index contributed by atoms with van der Waals surface area (Å²) >= 11 is 0. The van der Waals surface area contributed by atoms with Crippen LogP contribution in [-0.4, -0.2) is 5.91 Å². The van der Waals surface area contributed by atoms with E-state index in [1.54, 1.807) is 18.2 Å². The number of amides is 1. The van der Waals surface area contributed by atoms with Gasteiger partial charge < -0.3 is 14.5 Å². The van der Waals surface area contributed by atoms with Crippen LogP contribution in [0.1, 0.15) is 27.4 Å². The minimum absolute atomic E-state index is 0.0993. The van der Waals surface area contributed by atoms with Crippen LogP contribution in [0.4, 0.5) is 10.1 Å². The molecule has 0 unspecified atom stereocenters. The Kier molecular flexibility index (Phi) is 4.84. The number of halogens is 1. The number of para-hydroxylation sites is 1. The van der Waals surface area contributed by atoms with Crippen molar-refractivity contribution in [3.8, 4) is 5.75 Å². The molecule has 0 spiro atoms. The summed E-state index contributed by atoms with van der Waals surface area (Å²) < 4.78 is 24.8. The van der Waals surface area contributed by atoms with Gasteiger partial charge in [0.1, 0.15) is 23.9 Å². The highest BCUT2D eigenvalue weighted by Gasteiger charge is 2.13. The van der Waals surface area contributed by atoms with E-state index in [0.717, 1.165) is 16.9 Å². The van der Waals surface area contributed by atoms with E-state index in [2.05, 4.69) is 11.4 Å². The Bertz CT molecular complexity index is 881. The van der Waals surface area contributed by atoms with Gasteiger partial charge in [0.15, 0.2) is 5.76 Å². The van der Waals surface area contributed by atoms with Gasteiger partial charge in [-0.05, 0) is 61.4 Å². The lowest BCUT2D eigenvalue weighted by atomic mass is 10.1. The summed E-state index contributed by atoms with van der Waals surface area (Å²) in [7, 11) is 0. The lowest BCUT2D eigenvalue weighted by molar-refractivity contribution is 0.0992. The van der Waals surface area contributed by atoms with E-state index in [4.69, 9.17) is 9.15 Å². The number of hydrogen-bond acceptors (Lipinski definition) is 3. The highest BCUT2D eigenvalue weighted by Crippen LogP contribution is 2.19. The summed E-state index contributed by atoms with van der Waals surface area (Å²) in [5, 5.41) is 2.48. The van der Waals surface area contributed by atoms with Crippen LogP contribution in [-0.2, 0) is 6.61 Å². The maximum absolute atomic E-state index is 13.6. The molecule has 0 atom stereocenters. The molecule has 0 fully saturated rings. The van der Waals surface area contributed by atoms with Gasteiger partial charge in [-0.15, -0.1) is 0 Å². The molecule has 0 bridgehead atoms. The van der Waals surface area contributed by atoms with Gasteiger partial charge in [0.05, 0.1) is 5.69 Å². The van der Waals surface area contributed by atoms with E-state index < -0.39 is 11.7 Å². The number of rotatable bonds is 5. The third-order valence-electron chi connectivity index (χ3n) is 3.58. The van der Waals surface area contributed by atoms with E-state index >= 15 is 0 Å². The highest BCUT2D eigenvalue weighted by atomic mass is 19.1. The van der Waals surface area contributed by atoms with E-state index in [1.165, 1.54) is 18.2 Å². The zero-order valence-electron chi connectivity index (χ0n) is 14.0. The lowest BCUT2D eigenvalue weighted by Gasteiger charge is -2.07. The second-order valence-corrected chi connectivity index (χ2v) is 5.81. The van der Waals surface area contributed by atoms with Crippen LogP contribution in [0.25, 0.3) is 0 Å². The third-order valence-corrected chi connectivity index (χ3v) is 3.58. The van der Waals surface area contributed by atoms with Crippen molar-refractivity contribution >= 4 is 11.6 Å². The predicted octanol–water partition coefficient (Wildman–Crippen LogP) is 4.87. The summed E-state index contributed by atoms with van der Waals surface area (Å²) in [6.45, 7) is 4.20. The maximum Gasteiger partial charge on any atom is 0.291 e. The fourth-order valence-electron chi connectivity index (χ4n) is 2.49. The molecule has 4 nitrogen and oxygen atoms in total. The minimum Gasteiger partial charge on any atom is -0.486 e. The van der Waals surface area contributed by atoms with Gasteiger partial charge >= 0.3 is 0 Å². The molecule has 128 valence electrons. The van der Waals surface area contributed by atoms with Gasteiger partial charge in [-0.3, -0.25) is 4.79 Å². The summed E-state index contributed by atoms with van der Waals surface area (Å²) in [6.07, 6.45) is 0. The average molecular weight is 339 g/mol. The molecule has 0 aliphatic rings. The molecule has 25 heavy (non-hydrogen) atoms. The van der Waals surface area contributed by atoms with Crippen molar-refractivity contribution in [3.63, 3.8) is 0 Å². The van der Waals surface area contributed by atoms with E-state index in [-0.39, 0.29) is 18.1 Å². The Morgan fingerprint density at radius 1 is 1.08 bits per heavy atom. The van der Waals surface area contributed by atoms with Crippen molar-refractivity contribution in [2.45, 2.75) is 20.5 Å². The Morgan fingerprint density at radius 2 is 1.80 bits per heavy atom. The summed E-state index contributed by atoms with van der Waals surface area (Å²) in [6, 6.07) is 15.1. The number of hydrogen-bond donors (Lipinski definition) is 1. The van der Waals surface area contributed by atoms with Crippen LogP contribution < -0.4 is 10.1 Å². The number of carbonyl (C=O) groups is 1. The van der Waals surface area contributed by atoms with Crippen LogP contribution in [0.5, 0.6) is 5.75 Å². The van der Waals surface area contributed by atoms with Gasteiger partial charge in [-0.2, -0.15) is 0 Å². The number of carbonyl (C=O) groups excluding carboxylic acids is 1. The van der Waals surface area contributed by atoms with Gasteiger partial charge in [0.2, 0.25) is 0 Å². The first-order chi connectivity index (χ1) is 12.0. The van der Waals surface area contributed by atoms with Crippen molar-refractivity contribution in [2.75, 3.05) is 5.32 Å². The van der Waals surface area contributed by atoms with Crippen molar-refractivity contribution < 1.29 is 18.3 Å². The van der Waals surface area contributed by atoms with Gasteiger partial charge in [-0.1, -0.05) is 18.2 Å². The molecule has 0 radical (unpaired) electrons. The van der Waals surface area contributed by atoms with Crippen molar-refractivity contribution in [1.82, 2.24) is 0 Å². The normalized spacial score (nSPS) is 10.5. The first-order valence-electron chi connectivity index (χ1n) is 7.87. The van der Waals surface area contributed by atoms with Gasteiger partial charge in [0.25, 0.3) is 5.91 Å². The number of ether oxygens (including phenoxy) is 1. The monoisotopic (exact) mass is 339 g/mol. The standard InChI is InChI=1S/C20H18FNO3/c1-13-9-14(2)11-16(10-13)24-12-15-7-8-19(25-15)20(23)22-18-6-4-3-5-17(18)21/h3-11H,12H2,1-2H3,(H,22,23). The van der Waals surface area contributed by atoms with Crippen LogP contribution >= 0.6 is 0 Å². The summed E-state index contributed by atoms with van der Waals surface area (Å²) in [5.41, 5.74) is 2.33. The summed E-state index contributed by atoms with van der Waals surface area (Å²) in [4.78, 5) is 12.1. The van der Waals surface area contributed by atoms with Crippen molar-refractivity contribution in [1.29, 1.82) is 0 Å². The minimum atomic E-state index is -0.511. The average Bonchev–Trinajstić information content (AvgIpc) is 3.03. The quantitative estimate of drug-likeness (QED) is 0.722. The van der Waals surface area contributed by atoms with Crippen LogP contribution in [0, 0.1) is 19.7 Å². The fraction of sp³-hybridized carbons (Fsp3) is 0.150. The molecule has 5 heteroatoms. The largest absolute Gasteiger partial charge is 0.486 e. The lowest BCUT2D eigenvalue weighted by Crippen LogP contribution is -2.12. The molecule has 0 aliphatic carbocycles. The van der Waals surface area contributed by atoms with Crippen LogP contribution in [0.3, 0.4) is 0 Å². The molecule has 3 rings (SSSR count). The summed E-state index contributed by atoms with van der Waals surface area (Å²) in [5.74, 6) is 0.343. The molecule has 1 N–H and O–H groups in total. The molecule has 3 aromatic rings. The first kappa shape index (κ1) is 16.8. The Labute approximate surface area is 145 Å². The van der Waals surface area contributed by atoms with Crippen molar-refractivity contribution in [3.05, 3.63) is 83.1 Å². The number of nitrogens with one attached hydrogen (secondary N) is 1. The van der Waals surface area contributed by atoms with Gasteiger partial charge in [0, 0.05) is 0 Å². The Morgan fingerprint density at radius 3 is 2.52 bits per heavy atom. The van der Waals surface area contributed by atoms with Crippen LogP contribution in [0.15, 0.2) is 59.0 Å². The molecule has 1 heterocycles. The maximum atomic E-state index is 13.6. The third kappa shape index (κ3) is 4.26.